The number of carbonyl (C=O) groups excluding carboxylic acids is 1. The second-order valence-corrected chi connectivity index (χ2v) is 6.31. The molecule has 2 aromatic carbocycles. The summed E-state index contributed by atoms with van der Waals surface area (Å²) in [6.45, 7) is 4.56. The smallest absolute Gasteiger partial charge is 0.271 e. The predicted molar refractivity (Wildman–Crippen MR) is 94.9 cm³/mol. The fourth-order valence-corrected chi connectivity index (χ4v) is 2.76. The van der Waals surface area contributed by atoms with Gasteiger partial charge < -0.3 is 0 Å². The molecule has 0 heterocycles. The lowest BCUT2D eigenvalue weighted by Crippen LogP contribution is -2.14. The molecule has 126 valence electrons. The van der Waals surface area contributed by atoms with E-state index in [2.05, 4.69) is 0 Å². The highest BCUT2D eigenvalue weighted by Crippen LogP contribution is 2.34. The fraction of sp³-hybridized carbons (Fsp3) is 0.250. The van der Waals surface area contributed by atoms with E-state index in [1.807, 2.05) is 19.1 Å². The molecule has 0 fully saturated rings. The Hall–Kier alpha value is -2.00. The normalized spacial score (nSPS) is 12.3. The Morgan fingerprint density at radius 3 is 2.25 bits per heavy atom. The zero-order chi connectivity index (χ0) is 17.9. The lowest BCUT2D eigenvalue weighted by atomic mass is 9.96. The molecule has 0 aliphatic rings. The summed E-state index contributed by atoms with van der Waals surface area (Å²) >= 11 is 5.97. The first-order chi connectivity index (χ1) is 11.2. The van der Waals surface area contributed by atoms with Crippen molar-refractivity contribution in [2.45, 2.75) is 33.1 Å². The molecule has 0 aromatic heterocycles. The first-order valence-electron chi connectivity index (χ1n) is 7.71. The highest BCUT2D eigenvalue weighted by Gasteiger charge is 2.30. The third-order valence-corrected chi connectivity index (χ3v) is 3.97. The Labute approximate surface area is 146 Å². The standard InChI is InChI=1S/C20H19ClF2O/c1-4-14-5-7-15(8-6-14)19(24)12-18(20(3,22)23)16-9-13(2)10-17(21)11-16/h5-12H,4H2,1-3H3/b18-12-. The number of allylic oxidation sites excluding steroid dienone is 2. The zero-order valence-corrected chi connectivity index (χ0v) is 14.6. The zero-order valence-electron chi connectivity index (χ0n) is 13.9. The van der Waals surface area contributed by atoms with E-state index < -0.39 is 11.7 Å². The molecule has 0 aliphatic heterocycles. The quantitative estimate of drug-likeness (QED) is 0.469. The molecule has 1 nitrogen and oxygen atoms in total. The average molecular weight is 349 g/mol. The Bertz CT molecular complexity index is 751. The number of halogens is 3. The van der Waals surface area contributed by atoms with Gasteiger partial charge >= 0.3 is 0 Å². The molecule has 0 spiro atoms. The highest BCUT2D eigenvalue weighted by molar-refractivity contribution is 6.30. The van der Waals surface area contributed by atoms with Crippen molar-refractivity contribution in [3.8, 4) is 0 Å². The van der Waals surface area contributed by atoms with Crippen LogP contribution in [0.1, 0.15) is 40.9 Å². The van der Waals surface area contributed by atoms with Gasteiger partial charge in [-0.25, -0.2) is 8.78 Å². The van der Waals surface area contributed by atoms with E-state index in [0.29, 0.717) is 10.6 Å². The van der Waals surface area contributed by atoms with Crippen molar-refractivity contribution in [1.82, 2.24) is 0 Å². The molecular formula is C20H19ClF2O. The Kier molecular flexibility index (Phi) is 5.55. The molecular weight excluding hydrogens is 330 g/mol. The summed E-state index contributed by atoms with van der Waals surface area (Å²) in [5.74, 6) is -3.61. The first kappa shape index (κ1) is 18.3. The molecule has 24 heavy (non-hydrogen) atoms. The number of hydrogen-bond donors (Lipinski definition) is 0. The summed E-state index contributed by atoms with van der Waals surface area (Å²) in [5, 5.41) is 0.361. The second kappa shape index (κ2) is 7.27. The van der Waals surface area contributed by atoms with E-state index >= 15 is 0 Å². The third kappa shape index (κ3) is 4.51. The highest BCUT2D eigenvalue weighted by atomic mass is 35.5. The van der Waals surface area contributed by atoms with Crippen LogP contribution < -0.4 is 0 Å². The van der Waals surface area contributed by atoms with Crippen LogP contribution in [0, 0.1) is 6.92 Å². The maximum absolute atomic E-state index is 14.1. The van der Waals surface area contributed by atoms with Crippen molar-refractivity contribution >= 4 is 23.0 Å². The van der Waals surface area contributed by atoms with Crippen molar-refractivity contribution < 1.29 is 13.6 Å². The fourth-order valence-electron chi connectivity index (χ4n) is 2.47. The maximum Gasteiger partial charge on any atom is 0.271 e. The summed E-state index contributed by atoms with van der Waals surface area (Å²) in [4.78, 5) is 12.4. The lowest BCUT2D eigenvalue weighted by Gasteiger charge is -2.16. The molecule has 0 radical (unpaired) electrons. The topological polar surface area (TPSA) is 17.1 Å². The molecule has 0 unspecified atom stereocenters. The van der Waals surface area contributed by atoms with Crippen LogP contribution in [-0.2, 0) is 6.42 Å². The van der Waals surface area contributed by atoms with Crippen molar-refractivity contribution in [1.29, 1.82) is 0 Å². The van der Waals surface area contributed by atoms with Gasteiger partial charge in [0.25, 0.3) is 5.92 Å². The van der Waals surface area contributed by atoms with Crippen molar-refractivity contribution in [2.24, 2.45) is 0 Å². The number of alkyl halides is 2. The van der Waals surface area contributed by atoms with E-state index in [1.165, 1.54) is 6.07 Å². The van der Waals surface area contributed by atoms with E-state index in [0.717, 1.165) is 30.5 Å². The van der Waals surface area contributed by atoms with Crippen LogP contribution in [0.4, 0.5) is 8.78 Å². The Morgan fingerprint density at radius 2 is 1.75 bits per heavy atom. The summed E-state index contributed by atoms with van der Waals surface area (Å²) in [7, 11) is 0. The van der Waals surface area contributed by atoms with Crippen molar-refractivity contribution in [3.63, 3.8) is 0 Å². The summed E-state index contributed by atoms with van der Waals surface area (Å²) in [5.41, 5.74) is 2.14. The molecule has 0 atom stereocenters. The second-order valence-electron chi connectivity index (χ2n) is 5.88. The monoisotopic (exact) mass is 348 g/mol. The Morgan fingerprint density at radius 1 is 1.12 bits per heavy atom. The maximum atomic E-state index is 14.1. The molecule has 4 heteroatoms. The minimum absolute atomic E-state index is 0.256. The molecule has 0 N–H and O–H groups in total. The van der Waals surface area contributed by atoms with E-state index in [9.17, 15) is 13.6 Å². The van der Waals surface area contributed by atoms with Gasteiger partial charge in [-0.2, -0.15) is 0 Å². The molecule has 0 amide bonds. The molecule has 2 rings (SSSR count). The molecule has 0 saturated carbocycles. The molecule has 0 bridgehead atoms. The SMILES string of the molecule is CCc1ccc(C(=O)/C=C(/c2cc(C)cc(Cl)c2)C(C)(F)F)cc1. The number of carbonyl (C=O) groups is 1. The minimum Gasteiger partial charge on any atom is -0.289 e. The van der Waals surface area contributed by atoms with Crippen molar-refractivity contribution in [2.75, 3.05) is 0 Å². The van der Waals surface area contributed by atoms with Gasteiger partial charge in [0.15, 0.2) is 5.78 Å². The van der Waals surface area contributed by atoms with Crippen LogP contribution in [0.15, 0.2) is 48.5 Å². The van der Waals surface area contributed by atoms with Crippen LogP contribution in [0.25, 0.3) is 5.57 Å². The van der Waals surface area contributed by atoms with Gasteiger partial charge in [-0.15, -0.1) is 0 Å². The molecule has 2 aromatic rings. The molecule has 0 saturated heterocycles. The molecule has 0 aliphatic carbocycles. The van der Waals surface area contributed by atoms with Gasteiger partial charge in [0.1, 0.15) is 0 Å². The third-order valence-electron chi connectivity index (χ3n) is 3.75. The van der Waals surface area contributed by atoms with Gasteiger partial charge in [-0.1, -0.05) is 48.9 Å². The number of benzene rings is 2. The van der Waals surface area contributed by atoms with Crippen LogP contribution in [0.5, 0.6) is 0 Å². The van der Waals surface area contributed by atoms with Gasteiger partial charge in [0.2, 0.25) is 0 Å². The van der Waals surface area contributed by atoms with Crippen molar-refractivity contribution in [3.05, 3.63) is 75.8 Å². The first-order valence-corrected chi connectivity index (χ1v) is 8.09. The van der Waals surface area contributed by atoms with E-state index in [1.54, 1.807) is 31.2 Å². The van der Waals surface area contributed by atoms with Crippen LogP contribution in [0.2, 0.25) is 5.02 Å². The van der Waals surface area contributed by atoms with Crippen LogP contribution in [0.3, 0.4) is 0 Å². The lowest BCUT2D eigenvalue weighted by molar-refractivity contribution is 0.0874. The summed E-state index contributed by atoms with van der Waals surface area (Å²) in [6, 6.07) is 11.7. The van der Waals surface area contributed by atoms with E-state index in [4.69, 9.17) is 11.6 Å². The number of aryl methyl sites for hydroxylation is 2. The number of ketones is 1. The minimum atomic E-state index is -3.16. The summed E-state index contributed by atoms with van der Waals surface area (Å²) < 4.78 is 28.1. The van der Waals surface area contributed by atoms with E-state index in [-0.39, 0.29) is 11.1 Å². The number of hydrogen-bond acceptors (Lipinski definition) is 1. The van der Waals surface area contributed by atoms with Gasteiger partial charge in [0, 0.05) is 23.1 Å². The van der Waals surface area contributed by atoms with Crippen LogP contribution >= 0.6 is 11.6 Å². The number of rotatable bonds is 5. The average Bonchev–Trinajstić information content (AvgIpc) is 2.50. The largest absolute Gasteiger partial charge is 0.289 e. The van der Waals surface area contributed by atoms with Crippen LogP contribution in [-0.4, -0.2) is 11.7 Å². The predicted octanol–water partition coefficient (Wildman–Crippen LogP) is 6.13. The van der Waals surface area contributed by atoms with Gasteiger partial charge in [0.05, 0.1) is 0 Å². The summed E-state index contributed by atoms with van der Waals surface area (Å²) in [6.07, 6.45) is 1.86. The van der Waals surface area contributed by atoms with Gasteiger partial charge in [-0.3, -0.25) is 4.79 Å². The van der Waals surface area contributed by atoms with Gasteiger partial charge in [-0.05, 0) is 48.2 Å². The Balaban J connectivity index is 2.47.